The molecule has 1 aliphatic rings. The number of fused-ring (bicyclic) bond motifs is 1. The van der Waals surface area contributed by atoms with E-state index in [-0.39, 0.29) is 5.56 Å². The second-order valence-corrected chi connectivity index (χ2v) is 7.61. The van der Waals surface area contributed by atoms with Crippen LogP contribution in [0.1, 0.15) is 23.7 Å². The largest absolute Gasteiger partial charge is 0.497 e. The number of hydrogen-bond acceptors (Lipinski definition) is 6. The Hall–Kier alpha value is -3.32. The molecule has 162 valence electrons. The van der Waals surface area contributed by atoms with Gasteiger partial charge in [-0.3, -0.25) is 19.2 Å². The SMILES string of the molecule is CCc1c(C)nc2n(c1=O)CN(Cc1ccccc1OC)CN2c1ccc(OC)cc1. The monoisotopic (exact) mass is 420 g/mol. The molecule has 2 heterocycles. The average molecular weight is 421 g/mol. The third-order valence-corrected chi connectivity index (χ3v) is 5.70. The van der Waals surface area contributed by atoms with E-state index in [0.717, 1.165) is 34.0 Å². The maximum Gasteiger partial charge on any atom is 0.259 e. The number of hydrogen-bond donors (Lipinski definition) is 0. The summed E-state index contributed by atoms with van der Waals surface area (Å²) < 4.78 is 12.6. The van der Waals surface area contributed by atoms with Crippen molar-refractivity contribution in [1.29, 1.82) is 0 Å². The Morgan fingerprint density at radius 2 is 1.74 bits per heavy atom. The van der Waals surface area contributed by atoms with Crippen LogP contribution in [-0.2, 0) is 19.6 Å². The third kappa shape index (κ3) is 4.01. The smallest absolute Gasteiger partial charge is 0.259 e. The molecule has 0 saturated heterocycles. The molecule has 3 aromatic rings. The van der Waals surface area contributed by atoms with Crippen LogP contribution in [-0.4, -0.2) is 35.3 Å². The van der Waals surface area contributed by atoms with E-state index in [2.05, 4.69) is 15.9 Å². The lowest BCUT2D eigenvalue weighted by atomic mass is 10.1. The summed E-state index contributed by atoms with van der Waals surface area (Å²) in [4.78, 5) is 22.4. The van der Waals surface area contributed by atoms with Crippen molar-refractivity contribution in [3.63, 3.8) is 0 Å². The molecule has 0 aliphatic carbocycles. The highest BCUT2D eigenvalue weighted by Crippen LogP contribution is 2.30. The van der Waals surface area contributed by atoms with E-state index in [9.17, 15) is 4.79 Å². The topological polar surface area (TPSA) is 59.8 Å². The van der Waals surface area contributed by atoms with Crippen molar-refractivity contribution in [2.45, 2.75) is 33.5 Å². The number of ether oxygens (including phenoxy) is 2. The number of nitrogens with zero attached hydrogens (tertiary/aromatic N) is 4. The summed E-state index contributed by atoms with van der Waals surface area (Å²) in [6.45, 7) is 5.63. The normalized spacial score (nSPS) is 13.7. The molecule has 0 radical (unpaired) electrons. The van der Waals surface area contributed by atoms with E-state index in [4.69, 9.17) is 14.5 Å². The standard InChI is InChI=1S/C24H28N4O3/c1-5-21-17(2)25-24-27(19-10-12-20(30-3)13-11-19)15-26(16-28(24)23(21)29)14-18-8-6-7-9-22(18)31-4/h6-13H,5,14-16H2,1-4H3. The molecule has 0 saturated carbocycles. The van der Waals surface area contributed by atoms with E-state index in [1.54, 1.807) is 18.8 Å². The van der Waals surface area contributed by atoms with E-state index < -0.39 is 0 Å². The van der Waals surface area contributed by atoms with E-state index in [1.807, 2.05) is 56.3 Å². The third-order valence-electron chi connectivity index (χ3n) is 5.70. The molecule has 0 bridgehead atoms. The Balaban J connectivity index is 1.77. The Labute approximate surface area is 182 Å². The first-order chi connectivity index (χ1) is 15.0. The Bertz CT molecular complexity index is 1120. The Morgan fingerprint density at radius 3 is 2.42 bits per heavy atom. The minimum absolute atomic E-state index is 0.0215. The van der Waals surface area contributed by atoms with Crippen LogP contribution in [0.3, 0.4) is 0 Å². The summed E-state index contributed by atoms with van der Waals surface area (Å²) in [5.41, 5.74) is 3.60. The van der Waals surface area contributed by atoms with Gasteiger partial charge in [0.1, 0.15) is 11.5 Å². The van der Waals surface area contributed by atoms with Crippen molar-refractivity contribution in [2.75, 3.05) is 25.8 Å². The van der Waals surface area contributed by atoms with Gasteiger partial charge in [0, 0.05) is 29.1 Å². The minimum Gasteiger partial charge on any atom is -0.497 e. The molecular formula is C24H28N4O3. The summed E-state index contributed by atoms with van der Waals surface area (Å²) in [6, 6.07) is 15.8. The second kappa shape index (κ2) is 8.81. The molecule has 0 amide bonds. The van der Waals surface area contributed by atoms with Crippen LogP contribution in [0, 0.1) is 6.92 Å². The van der Waals surface area contributed by atoms with Gasteiger partial charge in [-0.05, 0) is 43.7 Å². The molecule has 0 spiro atoms. The van der Waals surface area contributed by atoms with Crippen molar-refractivity contribution in [1.82, 2.24) is 14.5 Å². The maximum absolute atomic E-state index is 13.3. The van der Waals surface area contributed by atoms with Gasteiger partial charge in [0.2, 0.25) is 5.95 Å². The molecule has 7 nitrogen and oxygen atoms in total. The number of aromatic nitrogens is 2. The molecule has 31 heavy (non-hydrogen) atoms. The number of rotatable bonds is 6. The molecule has 1 aliphatic heterocycles. The van der Waals surface area contributed by atoms with Crippen LogP contribution >= 0.6 is 0 Å². The van der Waals surface area contributed by atoms with Crippen LogP contribution in [0.2, 0.25) is 0 Å². The van der Waals surface area contributed by atoms with Gasteiger partial charge in [-0.1, -0.05) is 25.1 Å². The number of anilines is 2. The van der Waals surface area contributed by atoms with Gasteiger partial charge in [0.25, 0.3) is 5.56 Å². The van der Waals surface area contributed by atoms with Gasteiger partial charge in [0.05, 0.1) is 27.6 Å². The van der Waals surface area contributed by atoms with Crippen LogP contribution < -0.4 is 19.9 Å². The lowest BCUT2D eigenvalue weighted by Crippen LogP contribution is -2.47. The fourth-order valence-electron chi connectivity index (χ4n) is 4.07. The summed E-state index contributed by atoms with van der Waals surface area (Å²) in [5.74, 6) is 2.29. The summed E-state index contributed by atoms with van der Waals surface area (Å²) in [6.07, 6.45) is 0.660. The van der Waals surface area contributed by atoms with Crippen LogP contribution in [0.4, 0.5) is 11.6 Å². The van der Waals surface area contributed by atoms with Gasteiger partial charge >= 0.3 is 0 Å². The maximum atomic E-state index is 13.3. The van der Waals surface area contributed by atoms with Crippen molar-refractivity contribution >= 4 is 11.6 Å². The molecule has 0 N–H and O–H groups in total. The fraction of sp³-hybridized carbons (Fsp3) is 0.333. The molecule has 4 rings (SSSR count). The van der Waals surface area contributed by atoms with Crippen LogP contribution in [0.5, 0.6) is 11.5 Å². The zero-order valence-corrected chi connectivity index (χ0v) is 18.5. The van der Waals surface area contributed by atoms with Gasteiger partial charge in [-0.2, -0.15) is 0 Å². The predicted octanol–water partition coefficient (Wildman–Crippen LogP) is 3.70. The fourth-order valence-corrected chi connectivity index (χ4v) is 4.07. The average Bonchev–Trinajstić information content (AvgIpc) is 2.80. The Kier molecular flexibility index (Phi) is 5.95. The predicted molar refractivity (Wildman–Crippen MR) is 121 cm³/mol. The van der Waals surface area contributed by atoms with Crippen molar-refractivity contribution in [2.24, 2.45) is 0 Å². The van der Waals surface area contributed by atoms with E-state index in [0.29, 0.717) is 32.3 Å². The molecule has 0 atom stereocenters. The van der Waals surface area contributed by atoms with Crippen molar-refractivity contribution in [3.05, 3.63) is 75.7 Å². The van der Waals surface area contributed by atoms with Gasteiger partial charge in [-0.15, -0.1) is 0 Å². The lowest BCUT2D eigenvalue weighted by molar-refractivity contribution is 0.187. The molecule has 0 fully saturated rings. The summed E-state index contributed by atoms with van der Waals surface area (Å²) in [5, 5.41) is 0. The van der Waals surface area contributed by atoms with Gasteiger partial charge in [0.15, 0.2) is 0 Å². The van der Waals surface area contributed by atoms with Crippen molar-refractivity contribution in [3.8, 4) is 11.5 Å². The first kappa shape index (κ1) is 20.9. The highest BCUT2D eigenvalue weighted by Gasteiger charge is 2.28. The minimum atomic E-state index is 0.0215. The summed E-state index contributed by atoms with van der Waals surface area (Å²) in [7, 11) is 3.33. The quantitative estimate of drug-likeness (QED) is 0.606. The zero-order valence-electron chi connectivity index (χ0n) is 18.5. The van der Waals surface area contributed by atoms with Gasteiger partial charge in [-0.25, -0.2) is 4.98 Å². The van der Waals surface area contributed by atoms with Crippen LogP contribution in [0.25, 0.3) is 0 Å². The Morgan fingerprint density at radius 1 is 1.00 bits per heavy atom. The first-order valence-electron chi connectivity index (χ1n) is 10.4. The second-order valence-electron chi connectivity index (χ2n) is 7.61. The van der Waals surface area contributed by atoms with E-state index in [1.165, 1.54) is 0 Å². The van der Waals surface area contributed by atoms with Gasteiger partial charge < -0.3 is 9.47 Å². The number of benzene rings is 2. The summed E-state index contributed by atoms with van der Waals surface area (Å²) >= 11 is 0. The number of aryl methyl sites for hydroxylation is 1. The molecule has 1 aromatic heterocycles. The first-order valence-corrected chi connectivity index (χ1v) is 10.4. The van der Waals surface area contributed by atoms with Crippen molar-refractivity contribution < 1.29 is 9.47 Å². The molecule has 0 unspecified atom stereocenters. The molecular weight excluding hydrogens is 392 g/mol. The molecule has 2 aromatic carbocycles. The number of methoxy groups -OCH3 is 2. The van der Waals surface area contributed by atoms with E-state index >= 15 is 0 Å². The highest BCUT2D eigenvalue weighted by molar-refractivity contribution is 5.59. The zero-order chi connectivity index (χ0) is 22.0. The lowest BCUT2D eigenvalue weighted by Gasteiger charge is -2.38. The number of para-hydroxylation sites is 1. The molecule has 7 heteroatoms. The highest BCUT2D eigenvalue weighted by atomic mass is 16.5. The van der Waals surface area contributed by atoms with Crippen LogP contribution in [0.15, 0.2) is 53.3 Å².